The summed E-state index contributed by atoms with van der Waals surface area (Å²) in [5.41, 5.74) is 4.46. The Bertz CT molecular complexity index is 1480. The minimum Gasteiger partial charge on any atom is -0.508 e. The van der Waals surface area contributed by atoms with Crippen LogP contribution < -0.4 is 5.73 Å². The molecule has 0 aromatic heterocycles. The van der Waals surface area contributed by atoms with E-state index in [9.17, 15) is 39.6 Å². The van der Waals surface area contributed by atoms with E-state index in [1.54, 1.807) is 12.1 Å². The molecule has 190 valence electrons. The lowest BCUT2D eigenvalue weighted by Crippen LogP contribution is -2.58. The first-order valence-corrected chi connectivity index (χ1v) is 11.9. The van der Waals surface area contributed by atoms with E-state index in [-0.39, 0.29) is 48.4 Å². The van der Waals surface area contributed by atoms with Crippen molar-refractivity contribution in [3.63, 3.8) is 0 Å². The van der Waals surface area contributed by atoms with Crippen LogP contribution in [0.5, 0.6) is 5.75 Å². The number of carbonyl (C=O) groups is 4. The number of ketones is 3. The molecule has 3 atom stereocenters. The number of nitrogens with two attached hydrogens (primary N) is 1. The van der Waals surface area contributed by atoms with E-state index >= 15 is 0 Å². The Kier molecular flexibility index (Phi) is 5.56. The summed E-state index contributed by atoms with van der Waals surface area (Å²) >= 11 is 0. The summed E-state index contributed by atoms with van der Waals surface area (Å²) in [5.74, 6) is -6.62. The highest BCUT2D eigenvalue weighted by atomic mass is 16.3. The molecule has 1 saturated carbocycles. The number of hydrogen-bond acceptors (Lipinski definition) is 8. The van der Waals surface area contributed by atoms with Crippen molar-refractivity contribution in [2.75, 3.05) is 0 Å². The van der Waals surface area contributed by atoms with Crippen molar-refractivity contribution in [2.45, 2.75) is 38.2 Å². The summed E-state index contributed by atoms with van der Waals surface area (Å²) in [7, 11) is 0. The maximum atomic E-state index is 13.6. The van der Waals surface area contributed by atoms with Crippen LogP contribution in [0.2, 0.25) is 0 Å². The highest BCUT2D eigenvalue weighted by Gasteiger charge is 2.60. The van der Waals surface area contributed by atoms with Crippen molar-refractivity contribution in [1.82, 2.24) is 0 Å². The number of phenols is 1. The SMILES string of the molecule is CC(=O)Cc1cccc(-c2ccc(O)c3c2C[C@H]2C[C@H]4CC(=O)C(C(N)=O)=C(O)[C@@]4(O)C(=O)C2=C3O)c1. The number of aromatic hydroxyl groups is 1. The van der Waals surface area contributed by atoms with Crippen molar-refractivity contribution in [1.29, 1.82) is 0 Å². The van der Waals surface area contributed by atoms with Crippen LogP contribution in [-0.2, 0) is 32.0 Å². The number of fused-ring (bicyclic) bond motifs is 3. The van der Waals surface area contributed by atoms with Crippen molar-refractivity contribution < 1.29 is 39.6 Å². The third-order valence-corrected chi connectivity index (χ3v) is 7.64. The average molecular weight is 504 g/mol. The molecule has 2 aromatic carbocycles. The predicted molar refractivity (Wildman–Crippen MR) is 131 cm³/mol. The maximum absolute atomic E-state index is 13.6. The number of carbonyl (C=O) groups excluding carboxylic acids is 4. The molecular weight excluding hydrogens is 478 g/mol. The number of hydrogen-bond donors (Lipinski definition) is 5. The lowest BCUT2D eigenvalue weighted by molar-refractivity contribution is -0.147. The van der Waals surface area contributed by atoms with Crippen LogP contribution in [0.3, 0.4) is 0 Å². The van der Waals surface area contributed by atoms with E-state index in [1.165, 1.54) is 13.0 Å². The molecule has 0 aliphatic heterocycles. The predicted octanol–water partition coefficient (Wildman–Crippen LogP) is 2.22. The minimum atomic E-state index is -2.59. The summed E-state index contributed by atoms with van der Waals surface area (Å²) in [6.07, 6.45) is 0.137. The number of primary amides is 1. The van der Waals surface area contributed by atoms with Gasteiger partial charge in [-0.1, -0.05) is 30.3 Å². The largest absolute Gasteiger partial charge is 0.508 e. The Morgan fingerprint density at radius 1 is 1.08 bits per heavy atom. The Hall–Kier alpha value is -4.24. The number of benzene rings is 2. The van der Waals surface area contributed by atoms with Crippen molar-refractivity contribution in [3.8, 4) is 16.9 Å². The topological polar surface area (TPSA) is 175 Å². The Morgan fingerprint density at radius 3 is 2.49 bits per heavy atom. The summed E-state index contributed by atoms with van der Waals surface area (Å²) in [6.45, 7) is 1.50. The highest BCUT2D eigenvalue weighted by molar-refractivity contribution is 6.22. The van der Waals surface area contributed by atoms with Crippen LogP contribution in [0.25, 0.3) is 16.9 Å². The minimum absolute atomic E-state index is 0.00198. The summed E-state index contributed by atoms with van der Waals surface area (Å²) < 4.78 is 0. The summed E-state index contributed by atoms with van der Waals surface area (Å²) in [4.78, 5) is 49.5. The molecule has 1 fully saturated rings. The van der Waals surface area contributed by atoms with Gasteiger partial charge in [-0.05, 0) is 54.0 Å². The van der Waals surface area contributed by atoms with Crippen molar-refractivity contribution in [3.05, 3.63) is 70.0 Å². The summed E-state index contributed by atoms with van der Waals surface area (Å²) in [5, 5.41) is 43.9. The molecular formula is C28H25NO8. The number of amides is 1. The van der Waals surface area contributed by atoms with E-state index in [0.29, 0.717) is 11.1 Å². The monoisotopic (exact) mass is 503 g/mol. The van der Waals surface area contributed by atoms with E-state index in [2.05, 4.69) is 0 Å². The molecule has 0 bridgehead atoms. The molecule has 9 heteroatoms. The molecule has 0 radical (unpaired) electrons. The molecule has 0 unspecified atom stereocenters. The van der Waals surface area contributed by atoms with Gasteiger partial charge in [0.15, 0.2) is 11.4 Å². The zero-order valence-electron chi connectivity index (χ0n) is 19.9. The van der Waals surface area contributed by atoms with Crippen molar-refractivity contribution in [2.24, 2.45) is 17.6 Å². The molecule has 0 saturated heterocycles. The molecule has 1 amide bonds. The van der Waals surface area contributed by atoms with Crippen LogP contribution >= 0.6 is 0 Å². The van der Waals surface area contributed by atoms with Gasteiger partial charge in [-0.3, -0.25) is 19.2 Å². The van der Waals surface area contributed by atoms with Crippen LogP contribution in [0.4, 0.5) is 0 Å². The number of phenolic OH excluding ortho intramolecular Hbond substituents is 1. The van der Waals surface area contributed by atoms with Crippen LogP contribution in [-0.4, -0.2) is 49.3 Å². The Morgan fingerprint density at radius 2 is 1.81 bits per heavy atom. The lowest BCUT2D eigenvalue weighted by Gasteiger charge is -2.46. The second-order valence-electron chi connectivity index (χ2n) is 9.97. The highest BCUT2D eigenvalue weighted by Crippen LogP contribution is 2.53. The van der Waals surface area contributed by atoms with Crippen molar-refractivity contribution >= 4 is 29.0 Å². The Balaban J connectivity index is 1.67. The van der Waals surface area contributed by atoms with Gasteiger partial charge in [-0.2, -0.15) is 0 Å². The van der Waals surface area contributed by atoms with Gasteiger partial charge >= 0.3 is 0 Å². The average Bonchev–Trinajstić information content (AvgIpc) is 2.81. The number of rotatable bonds is 4. The molecule has 0 heterocycles. The molecule has 3 aliphatic rings. The van der Waals surface area contributed by atoms with Gasteiger partial charge in [0.25, 0.3) is 5.91 Å². The lowest BCUT2D eigenvalue weighted by atomic mass is 9.59. The molecule has 2 aromatic rings. The molecule has 6 N–H and O–H groups in total. The van der Waals surface area contributed by atoms with E-state index < -0.39 is 52.0 Å². The second kappa shape index (κ2) is 8.41. The fraction of sp³-hybridized carbons (Fsp3) is 0.286. The van der Waals surface area contributed by atoms with Crippen LogP contribution in [0.1, 0.15) is 36.5 Å². The second-order valence-corrected chi connectivity index (χ2v) is 9.97. The Labute approximate surface area is 211 Å². The molecule has 9 nitrogen and oxygen atoms in total. The quantitative estimate of drug-likeness (QED) is 0.395. The fourth-order valence-corrected chi connectivity index (χ4v) is 6.03. The standard InChI is InChI=1S/C28H25NO8/c1-12(30)7-13-3-2-4-14(8-13)17-5-6-19(31)22-18(17)10-15-9-16-11-20(32)23(27(29)36)26(35)28(16,37)25(34)21(15)24(22)33/h2-6,8,15-16,31,33,35,37H,7,9-11H2,1H3,(H2,29,36)/t15-,16+,28+/m1/s1. The molecule has 37 heavy (non-hydrogen) atoms. The van der Waals surface area contributed by atoms with E-state index in [0.717, 1.165) is 11.1 Å². The van der Waals surface area contributed by atoms with Gasteiger partial charge in [-0.15, -0.1) is 0 Å². The maximum Gasteiger partial charge on any atom is 0.255 e. The number of aliphatic hydroxyl groups is 3. The smallest absolute Gasteiger partial charge is 0.255 e. The fourth-order valence-electron chi connectivity index (χ4n) is 6.03. The van der Waals surface area contributed by atoms with E-state index in [1.807, 2.05) is 18.2 Å². The van der Waals surface area contributed by atoms with Crippen LogP contribution in [0, 0.1) is 11.8 Å². The molecule has 5 rings (SSSR count). The van der Waals surface area contributed by atoms with Gasteiger partial charge in [-0.25, -0.2) is 0 Å². The zero-order valence-corrected chi connectivity index (χ0v) is 19.9. The zero-order chi connectivity index (χ0) is 26.8. The first-order valence-electron chi connectivity index (χ1n) is 11.9. The third-order valence-electron chi connectivity index (χ3n) is 7.64. The van der Waals surface area contributed by atoms with Gasteiger partial charge in [0, 0.05) is 24.3 Å². The summed E-state index contributed by atoms with van der Waals surface area (Å²) in [6, 6.07) is 10.4. The van der Waals surface area contributed by atoms with Gasteiger partial charge in [0.2, 0.25) is 5.78 Å². The van der Waals surface area contributed by atoms with Gasteiger partial charge in [0.05, 0.1) is 5.56 Å². The van der Waals surface area contributed by atoms with Crippen LogP contribution in [0.15, 0.2) is 53.3 Å². The first-order chi connectivity index (χ1) is 17.4. The normalized spacial score (nSPS) is 24.9. The molecule has 0 spiro atoms. The first kappa shape index (κ1) is 24.5. The van der Waals surface area contributed by atoms with Gasteiger partial charge in [0.1, 0.15) is 28.6 Å². The number of aliphatic hydroxyl groups excluding tert-OH is 2. The number of Topliss-reactive ketones (excluding diaryl/α,β-unsaturated/α-hetero) is 3. The molecule has 3 aliphatic carbocycles. The van der Waals surface area contributed by atoms with E-state index in [4.69, 9.17) is 5.73 Å². The van der Waals surface area contributed by atoms with Gasteiger partial charge < -0.3 is 26.2 Å². The third kappa shape index (κ3) is 3.57.